The summed E-state index contributed by atoms with van der Waals surface area (Å²) in [5.74, 6) is 1.92. The summed E-state index contributed by atoms with van der Waals surface area (Å²) in [6, 6.07) is 59.1. The SMILES string of the molecule is CC(C)c1cc(-c2ccccc2)cc(C(C)C)c1-n1c(-c2[c-]ccc3c2oc2cc4nc(-c5ccccc5)oc4cc23)nc2ccccc21.[2H]C([2H])([2H])c1ccc(-c2[c-]cccc2)nc1.[Ir]. The molecule has 0 amide bonds. The third-order valence-corrected chi connectivity index (χ3v) is 11.2. The summed E-state index contributed by atoms with van der Waals surface area (Å²) >= 11 is 0. The number of furan rings is 1. The van der Waals surface area contributed by atoms with Gasteiger partial charge in [0, 0.05) is 53.1 Å². The molecule has 0 fully saturated rings. The van der Waals surface area contributed by atoms with Gasteiger partial charge in [0.25, 0.3) is 0 Å². The van der Waals surface area contributed by atoms with E-state index in [0.29, 0.717) is 5.89 Å². The molecule has 0 atom stereocenters. The number of nitrogens with zero attached hydrogens (tertiary/aromatic N) is 4. The van der Waals surface area contributed by atoms with Crippen LogP contribution in [0.25, 0.3) is 95.0 Å². The second-order valence-electron chi connectivity index (χ2n) is 16.0. The van der Waals surface area contributed by atoms with Crippen molar-refractivity contribution in [1.29, 1.82) is 0 Å². The molecule has 0 aliphatic heterocycles. The number of para-hydroxylation sites is 2. The summed E-state index contributed by atoms with van der Waals surface area (Å²) in [4.78, 5) is 14.2. The summed E-state index contributed by atoms with van der Waals surface area (Å²) in [5, 5.41) is 1.95. The number of aryl methyl sites for hydroxylation is 1. The third-order valence-electron chi connectivity index (χ3n) is 11.2. The van der Waals surface area contributed by atoms with Gasteiger partial charge in [-0.2, -0.15) is 0 Å². The van der Waals surface area contributed by atoms with Gasteiger partial charge in [0.1, 0.15) is 11.1 Å². The zero-order chi connectivity index (χ0) is 44.8. The second kappa shape index (κ2) is 17.4. The van der Waals surface area contributed by atoms with E-state index < -0.39 is 6.85 Å². The monoisotopic (exact) mass is 1000 g/mol. The Morgan fingerprint density at radius 1 is 0.603 bits per heavy atom. The van der Waals surface area contributed by atoms with Crippen LogP contribution in [0.4, 0.5) is 0 Å². The normalized spacial score (nSPS) is 12.3. The molecule has 0 saturated carbocycles. The average molecular weight is 1000 g/mol. The molecule has 311 valence electrons. The fourth-order valence-electron chi connectivity index (χ4n) is 8.17. The molecule has 4 aromatic heterocycles. The number of hydrogen-bond donors (Lipinski definition) is 0. The number of pyridine rings is 1. The summed E-state index contributed by atoms with van der Waals surface area (Å²) in [6.07, 6.45) is 1.39. The first-order chi connectivity index (χ1) is 31.5. The molecule has 0 bridgehead atoms. The van der Waals surface area contributed by atoms with Gasteiger partial charge >= 0.3 is 0 Å². The van der Waals surface area contributed by atoms with Crippen LogP contribution in [-0.2, 0) is 20.1 Å². The molecule has 0 N–H and O–H groups in total. The number of imidazole rings is 1. The zero-order valence-electron chi connectivity index (χ0n) is 38.2. The van der Waals surface area contributed by atoms with Gasteiger partial charge < -0.3 is 18.4 Å². The minimum atomic E-state index is -2.09. The van der Waals surface area contributed by atoms with E-state index in [1.165, 1.54) is 34.1 Å². The standard InChI is InChI=1S/C44H34N3O2.C12H10N.Ir/c1-26(2)33-22-30(28-14-7-5-8-15-28)23-34(27(3)4)41(33)47-38-21-12-11-20-36(38)45-43(47)32-19-13-18-31-35-24-40-37(25-39(35)48-42(31)32)46-44(49-40)29-16-9-6-10-17-29;1-10-7-8-12(13-9-10)11-5-3-2-4-6-11;/h5-18,20-27H,1-4H3;2-5,7-9H,1H3;/q2*-1;/i;1D3;. The molecule has 11 rings (SSSR count). The Morgan fingerprint density at radius 3 is 2.00 bits per heavy atom. The minimum Gasteiger partial charge on any atom is -0.500 e. The molecule has 4 heterocycles. The molecule has 6 nitrogen and oxygen atoms in total. The van der Waals surface area contributed by atoms with Gasteiger partial charge in [0.2, 0.25) is 5.89 Å². The average Bonchev–Trinajstić information content (AvgIpc) is 4.04. The van der Waals surface area contributed by atoms with Crippen LogP contribution in [0.5, 0.6) is 0 Å². The number of benzene rings is 7. The van der Waals surface area contributed by atoms with Gasteiger partial charge in [-0.05, 0) is 94.7 Å². The third kappa shape index (κ3) is 7.91. The van der Waals surface area contributed by atoms with Crippen molar-refractivity contribution in [2.75, 3.05) is 0 Å². The van der Waals surface area contributed by atoms with Crippen molar-refractivity contribution >= 4 is 44.1 Å². The molecule has 0 unspecified atom stereocenters. The number of rotatable bonds is 7. The number of oxazole rings is 1. The Morgan fingerprint density at radius 2 is 1.32 bits per heavy atom. The van der Waals surface area contributed by atoms with Gasteiger partial charge in [0.05, 0.1) is 22.4 Å². The van der Waals surface area contributed by atoms with Crippen molar-refractivity contribution in [3.05, 3.63) is 193 Å². The number of aromatic nitrogens is 4. The molecular formula is C56H44IrN4O2-2. The van der Waals surface area contributed by atoms with Gasteiger partial charge in [-0.3, -0.25) is 4.98 Å². The summed E-state index contributed by atoms with van der Waals surface area (Å²) in [5.41, 5.74) is 14.7. The van der Waals surface area contributed by atoms with Crippen LogP contribution in [0.1, 0.15) is 60.3 Å². The van der Waals surface area contributed by atoms with E-state index in [9.17, 15) is 0 Å². The fraction of sp³-hybridized carbons (Fsp3) is 0.125. The largest absolute Gasteiger partial charge is 0.500 e. The summed E-state index contributed by atoms with van der Waals surface area (Å²) < 4.78 is 37.0. The first kappa shape index (κ1) is 37.8. The minimum absolute atomic E-state index is 0. The van der Waals surface area contributed by atoms with Crippen LogP contribution in [0.15, 0.2) is 173 Å². The van der Waals surface area contributed by atoms with Crippen LogP contribution >= 0.6 is 0 Å². The molecular weight excluding hydrogens is 953 g/mol. The van der Waals surface area contributed by atoms with Crippen molar-refractivity contribution in [3.63, 3.8) is 0 Å². The van der Waals surface area contributed by atoms with E-state index in [0.717, 1.165) is 72.3 Å². The Balaban J connectivity index is 0.000000273. The molecule has 7 aromatic carbocycles. The van der Waals surface area contributed by atoms with E-state index in [1.54, 1.807) is 18.2 Å². The van der Waals surface area contributed by atoms with Crippen molar-refractivity contribution < 1.29 is 33.1 Å². The van der Waals surface area contributed by atoms with Gasteiger partial charge in [-0.25, -0.2) is 4.98 Å². The van der Waals surface area contributed by atoms with Gasteiger partial charge in [0.15, 0.2) is 5.58 Å². The first-order valence-corrected chi connectivity index (χ1v) is 20.9. The number of hydrogen-bond acceptors (Lipinski definition) is 5. The van der Waals surface area contributed by atoms with E-state index in [-0.39, 0.29) is 37.5 Å². The van der Waals surface area contributed by atoms with E-state index >= 15 is 0 Å². The van der Waals surface area contributed by atoms with Crippen molar-refractivity contribution in [3.8, 4) is 50.9 Å². The fourth-order valence-corrected chi connectivity index (χ4v) is 8.17. The molecule has 11 aromatic rings. The predicted octanol–water partition coefficient (Wildman–Crippen LogP) is 15.0. The van der Waals surface area contributed by atoms with Crippen molar-refractivity contribution in [1.82, 2.24) is 19.5 Å². The Labute approximate surface area is 384 Å². The van der Waals surface area contributed by atoms with Crippen LogP contribution in [0, 0.1) is 19.0 Å². The summed E-state index contributed by atoms with van der Waals surface area (Å²) in [7, 11) is 0. The van der Waals surface area contributed by atoms with Crippen molar-refractivity contribution in [2.24, 2.45) is 0 Å². The van der Waals surface area contributed by atoms with Crippen LogP contribution in [0.2, 0.25) is 0 Å². The van der Waals surface area contributed by atoms with E-state index in [2.05, 4.69) is 116 Å². The smallest absolute Gasteiger partial charge is 0.227 e. The maximum absolute atomic E-state index is 7.23. The maximum Gasteiger partial charge on any atom is 0.227 e. The zero-order valence-corrected chi connectivity index (χ0v) is 37.6. The van der Waals surface area contributed by atoms with Crippen molar-refractivity contribution in [2.45, 2.75) is 46.4 Å². The molecule has 0 aliphatic carbocycles. The van der Waals surface area contributed by atoms with Crippen LogP contribution in [-0.4, -0.2) is 19.5 Å². The van der Waals surface area contributed by atoms with Gasteiger partial charge in [-0.1, -0.05) is 111 Å². The maximum atomic E-state index is 7.23. The Hall–Kier alpha value is -6.92. The first-order valence-electron chi connectivity index (χ1n) is 22.4. The van der Waals surface area contributed by atoms with E-state index in [4.69, 9.17) is 22.9 Å². The molecule has 0 spiro atoms. The quantitative estimate of drug-likeness (QED) is 0.149. The topological polar surface area (TPSA) is 69.9 Å². The Kier molecular flexibility index (Phi) is 10.5. The predicted molar refractivity (Wildman–Crippen MR) is 252 cm³/mol. The molecule has 63 heavy (non-hydrogen) atoms. The Bertz CT molecular complexity index is 3440. The molecule has 0 aliphatic rings. The second-order valence-corrected chi connectivity index (χ2v) is 16.0. The van der Waals surface area contributed by atoms with Gasteiger partial charge in [-0.15, -0.1) is 54.1 Å². The molecule has 7 heteroatoms. The molecule has 1 radical (unpaired) electrons. The molecule has 0 saturated heterocycles. The van der Waals surface area contributed by atoms with Crippen LogP contribution in [0.3, 0.4) is 0 Å². The number of fused-ring (bicyclic) bond motifs is 5. The summed E-state index contributed by atoms with van der Waals surface area (Å²) in [6.45, 7) is 7.00. The van der Waals surface area contributed by atoms with Crippen LogP contribution < -0.4 is 0 Å². The van der Waals surface area contributed by atoms with E-state index in [1.807, 2.05) is 72.8 Å².